The van der Waals surface area contributed by atoms with Gasteiger partial charge in [0.1, 0.15) is 0 Å². The number of nitrogens with zero attached hydrogens (tertiary/aromatic N) is 2. The third-order valence-corrected chi connectivity index (χ3v) is 5.03. The van der Waals surface area contributed by atoms with Gasteiger partial charge in [0.2, 0.25) is 5.95 Å². The van der Waals surface area contributed by atoms with Crippen LogP contribution in [0.4, 0.5) is 11.6 Å². The number of aromatic amines is 1. The molecule has 0 aliphatic rings. The molecule has 2 aromatic carbocycles. The Morgan fingerprint density at radius 2 is 1.83 bits per heavy atom. The van der Waals surface area contributed by atoms with Crippen molar-refractivity contribution in [3.8, 4) is 0 Å². The summed E-state index contributed by atoms with van der Waals surface area (Å²) in [5, 5.41) is 7.32. The molecule has 0 saturated heterocycles. The van der Waals surface area contributed by atoms with Crippen LogP contribution in [-0.2, 0) is 6.42 Å². The minimum absolute atomic E-state index is 0.224. The number of para-hydroxylation sites is 1. The van der Waals surface area contributed by atoms with Gasteiger partial charge < -0.3 is 15.6 Å². The number of aryl methyl sites for hydroxylation is 2. The Labute approximate surface area is 169 Å². The monoisotopic (exact) mass is 385 g/mol. The summed E-state index contributed by atoms with van der Waals surface area (Å²) in [6.07, 6.45) is 5.96. The third kappa shape index (κ3) is 4.27. The van der Waals surface area contributed by atoms with Crippen molar-refractivity contribution in [2.24, 2.45) is 0 Å². The van der Waals surface area contributed by atoms with E-state index in [4.69, 9.17) is 0 Å². The van der Waals surface area contributed by atoms with E-state index >= 15 is 0 Å². The van der Waals surface area contributed by atoms with Gasteiger partial charge in [-0.1, -0.05) is 24.3 Å². The van der Waals surface area contributed by atoms with Gasteiger partial charge in [0.05, 0.1) is 5.56 Å². The highest BCUT2D eigenvalue weighted by atomic mass is 16.1. The summed E-state index contributed by atoms with van der Waals surface area (Å²) < 4.78 is 0. The summed E-state index contributed by atoms with van der Waals surface area (Å²) in [7, 11) is 0. The third-order valence-electron chi connectivity index (χ3n) is 5.03. The first-order valence-corrected chi connectivity index (χ1v) is 9.59. The van der Waals surface area contributed by atoms with Crippen LogP contribution in [0.2, 0.25) is 0 Å². The van der Waals surface area contributed by atoms with Crippen LogP contribution in [0.15, 0.2) is 61.1 Å². The van der Waals surface area contributed by atoms with Crippen molar-refractivity contribution in [2.45, 2.75) is 20.3 Å². The predicted molar refractivity (Wildman–Crippen MR) is 116 cm³/mol. The Morgan fingerprint density at radius 1 is 1.03 bits per heavy atom. The number of amides is 1. The van der Waals surface area contributed by atoms with Crippen LogP contribution < -0.4 is 10.6 Å². The van der Waals surface area contributed by atoms with E-state index in [0.29, 0.717) is 18.1 Å². The second kappa shape index (κ2) is 8.14. The first-order valence-electron chi connectivity index (χ1n) is 9.59. The smallest absolute Gasteiger partial charge is 0.258 e. The molecule has 6 heteroatoms. The van der Waals surface area contributed by atoms with Crippen LogP contribution in [0.1, 0.15) is 27.0 Å². The molecule has 0 aliphatic carbocycles. The van der Waals surface area contributed by atoms with Gasteiger partial charge in [-0.25, -0.2) is 9.97 Å². The van der Waals surface area contributed by atoms with Crippen LogP contribution in [0.25, 0.3) is 10.9 Å². The van der Waals surface area contributed by atoms with E-state index in [2.05, 4.69) is 37.7 Å². The minimum Gasteiger partial charge on any atom is -0.361 e. The normalized spacial score (nSPS) is 10.8. The second-order valence-corrected chi connectivity index (χ2v) is 7.08. The molecule has 2 aromatic heterocycles. The maximum absolute atomic E-state index is 12.4. The molecular weight excluding hydrogens is 362 g/mol. The second-order valence-electron chi connectivity index (χ2n) is 7.08. The Hall–Kier alpha value is -3.67. The molecule has 4 aromatic rings. The number of fused-ring (bicyclic) bond motifs is 1. The summed E-state index contributed by atoms with van der Waals surface area (Å²) in [5.74, 6) is 0.283. The van der Waals surface area contributed by atoms with Crippen LogP contribution in [0.5, 0.6) is 0 Å². The van der Waals surface area contributed by atoms with Gasteiger partial charge in [-0.15, -0.1) is 0 Å². The summed E-state index contributed by atoms with van der Waals surface area (Å²) in [6, 6.07) is 14.1. The number of hydrogen-bond acceptors (Lipinski definition) is 4. The zero-order chi connectivity index (χ0) is 20.2. The molecule has 2 heterocycles. The van der Waals surface area contributed by atoms with Gasteiger partial charge in [0, 0.05) is 41.7 Å². The summed E-state index contributed by atoms with van der Waals surface area (Å²) in [6.45, 7) is 4.76. The molecule has 0 saturated carbocycles. The van der Waals surface area contributed by atoms with Gasteiger partial charge in [0.15, 0.2) is 0 Å². The molecule has 3 N–H and O–H groups in total. The van der Waals surface area contributed by atoms with Gasteiger partial charge in [-0.3, -0.25) is 4.79 Å². The van der Waals surface area contributed by atoms with Crippen molar-refractivity contribution in [2.75, 3.05) is 17.2 Å². The molecule has 0 atom stereocenters. The SMILES string of the molecule is Cc1ccc(NC(=O)c2cnc(NCCc3c[nH]c4ccccc34)nc2)cc1C. The Kier molecular flexibility index (Phi) is 5.24. The molecule has 6 nitrogen and oxygen atoms in total. The molecule has 0 aliphatic heterocycles. The van der Waals surface area contributed by atoms with E-state index in [1.807, 2.05) is 50.4 Å². The fourth-order valence-corrected chi connectivity index (χ4v) is 3.21. The number of hydrogen-bond donors (Lipinski definition) is 3. The topological polar surface area (TPSA) is 82.7 Å². The number of H-pyrrole nitrogens is 1. The fraction of sp³-hybridized carbons (Fsp3) is 0.174. The lowest BCUT2D eigenvalue weighted by atomic mass is 10.1. The molecule has 0 unspecified atom stereocenters. The molecule has 1 amide bonds. The summed E-state index contributed by atoms with van der Waals surface area (Å²) in [4.78, 5) is 24.2. The van der Waals surface area contributed by atoms with E-state index < -0.39 is 0 Å². The quantitative estimate of drug-likeness (QED) is 0.457. The Bertz CT molecular complexity index is 1150. The average molecular weight is 385 g/mol. The number of rotatable bonds is 6. The summed E-state index contributed by atoms with van der Waals surface area (Å²) in [5.41, 5.74) is 5.89. The number of aromatic nitrogens is 3. The van der Waals surface area contributed by atoms with Crippen molar-refractivity contribution in [1.29, 1.82) is 0 Å². The van der Waals surface area contributed by atoms with Crippen molar-refractivity contribution >= 4 is 28.4 Å². The largest absolute Gasteiger partial charge is 0.361 e. The van der Waals surface area contributed by atoms with E-state index in [1.54, 1.807) is 0 Å². The maximum atomic E-state index is 12.4. The lowest BCUT2D eigenvalue weighted by Crippen LogP contribution is -2.14. The number of nitrogens with one attached hydrogen (secondary N) is 3. The van der Waals surface area contributed by atoms with Crippen molar-refractivity contribution in [3.63, 3.8) is 0 Å². The summed E-state index contributed by atoms with van der Waals surface area (Å²) >= 11 is 0. The van der Waals surface area contributed by atoms with Gasteiger partial charge >= 0.3 is 0 Å². The van der Waals surface area contributed by atoms with Crippen LogP contribution in [0.3, 0.4) is 0 Å². The molecule has 0 fully saturated rings. The van der Waals surface area contributed by atoms with Gasteiger partial charge in [0.25, 0.3) is 5.91 Å². The first kappa shape index (κ1) is 18.7. The lowest BCUT2D eigenvalue weighted by Gasteiger charge is -2.08. The number of carbonyl (C=O) groups excluding carboxylic acids is 1. The highest BCUT2D eigenvalue weighted by Crippen LogP contribution is 2.18. The molecule has 0 bridgehead atoms. The minimum atomic E-state index is -0.224. The standard InChI is InChI=1S/C23H23N5O/c1-15-7-8-19(11-16(15)2)28-22(29)18-13-26-23(27-14-18)24-10-9-17-12-25-21-6-4-3-5-20(17)21/h3-8,11-14,25H,9-10H2,1-2H3,(H,28,29)(H,24,26,27). The lowest BCUT2D eigenvalue weighted by molar-refractivity contribution is 0.102. The molecule has 146 valence electrons. The van der Waals surface area contributed by atoms with E-state index in [0.717, 1.165) is 23.2 Å². The zero-order valence-corrected chi connectivity index (χ0v) is 16.5. The van der Waals surface area contributed by atoms with E-state index in [1.165, 1.54) is 28.9 Å². The van der Waals surface area contributed by atoms with Crippen molar-refractivity contribution in [3.05, 3.63) is 83.3 Å². The predicted octanol–water partition coefficient (Wildman–Crippen LogP) is 4.48. The van der Waals surface area contributed by atoms with E-state index in [-0.39, 0.29) is 5.91 Å². The average Bonchev–Trinajstić information content (AvgIpc) is 3.14. The van der Waals surface area contributed by atoms with E-state index in [9.17, 15) is 4.79 Å². The molecule has 0 radical (unpaired) electrons. The van der Waals surface area contributed by atoms with Crippen molar-refractivity contribution in [1.82, 2.24) is 15.0 Å². The maximum Gasteiger partial charge on any atom is 0.258 e. The Morgan fingerprint density at radius 3 is 2.62 bits per heavy atom. The van der Waals surface area contributed by atoms with Gasteiger partial charge in [-0.05, 0) is 55.2 Å². The molecule has 0 spiro atoms. The number of benzene rings is 2. The highest BCUT2D eigenvalue weighted by molar-refractivity contribution is 6.03. The van der Waals surface area contributed by atoms with Gasteiger partial charge in [-0.2, -0.15) is 0 Å². The Balaban J connectivity index is 1.33. The zero-order valence-electron chi connectivity index (χ0n) is 16.5. The van der Waals surface area contributed by atoms with Crippen LogP contribution in [0, 0.1) is 13.8 Å². The number of anilines is 2. The fourth-order valence-electron chi connectivity index (χ4n) is 3.21. The molecule has 29 heavy (non-hydrogen) atoms. The molecule has 4 rings (SSSR count). The van der Waals surface area contributed by atoms with Crippen LogP contribution >= 0.6 is 0 Å². The highest BCUT2D eigenvalue weighted by Gasteiger charge is 2.09. The number of carbonyl (C=O) groups is 1. The van der Waals surface area contributed by atoms with Crippen molar-refractivity contribution < 1.29 is 4.79 Å². The molecular formula is C23H23N5O. The first-order chi connectivity index (χ1) is 14.1. The van der Waals surface area contributed by atoms with Crippen LogP contribution in [-0.4, -0.2) is 27.4 Å².